The van der Waals surface area contributed by atoms with Crippen LogP contribution in [0.2, 0.25) is 0 Å². The average molecular weight is 123 g/mol. The van der Waals surface area contributed by atoms with Gasteiger partial charge in [0, 0.05) is 12.8 Å². The van der Waals surface area contributed by atoms with E-state index < -0.39 is 0 Å². The maximum Gasteiger partial charge on any atom is 0.00856 e. The van der Waals surface area contributed by atoms with Gasteiger partial charge in [0.2, 0.25) is 0 Å². The zero-order chi connectivity index (χ0) is 4.99. The van der Waals surface area contributed by atoms with Crippen LogP contribution in [0.25, 0.3) is 0 Å². The van der Waals surface area contributed by atoms with E-state index in [1.165, 1.54) is 0 Å². The molecule has 0 aliphatic rings. The van der Waals surface area contributed by atoms with Crippen LogP contribution in [0, 0.1) is 0 Å². The molecule has 0 aliphatic carbocycles. The van der Waals surface area contributed by atoms with Crippen LogP contribution >= 0.6 is 24.8 Å². The SMILES string of the molecule is CCSN(C)S. The summed E-state index contributed by atoms with van der Waals surface area (Å²) < 4.78 is 1.79. The Kier molecular flexibility index (Phi) is 4.26. The fourth-order valence-corrected chi connectivity index (χ4v) is 0.907. The van der Waals surface area contributed by atoms with Crippen molar-refractivity contribution in [1.29, 1.82) is 0 Å². The predicted molar refractivity (Wildman–Crippen MR) is 34.9 cm³/mol. The van der Waals surface area contributed by atoms with Gasteiger partial charge in [0.15, 0.2) is 0 Å². The van der Waals surface area contributed by atoms with Crippen molar-refractivity contribution in [3.8, 4) is 0 Å². The lowest BCUT2D eigenvalue weighted by Gasteiger charge is -2.00. The van der Waals surface area contributed by atoms with Crippen molar-refractivity contribution in [2.24, 2.45) is 0 Å². The molecule has 0 aromatic carbocycles. The quantitative estimate of drug-likeness (QED) is 0.437. The van der Waals surface area contributed by atoms with Crippen molar-refractivity contribution >= 4 is 24.8 Å². The second-order valence-electron chi connectivity index (χ2n) is 0.882. The summed E-state index contributed by atoms with van der Waals surface area (Å²) in [4.78, 5) is 0. The van der Waals surface area contributed by atoms with Crippen molar-refractivity contribution in [3.05, 3.63) is 0 Å². The lowest BCUT2D eigenvalue weighted by molar-refractivity contribution is 0.958. The summed E-state index contributed by atoms with van der Waals surface area (Å²) in [7, 11) is 1.91. The van der Waals surface area contributed by atoms with Gasteiger partial charge < -0.3 is 0 Å². The first-order valence-corrected chi connectivity index (χ1v) is 3.17. The molecular formula is C3H9NS2. The Bertz CT molecular complexity index is 30.0. The van der Waals surface area contributed by atoms with Gasteiger partial charge in [-0.2, -0.15) is 0 Å². The van der Waals surface area contributed by atoms with Gasteiger partial charge in [-0.1, -0.05) is 31.7 Å². The molecule has 0 spiro atoms. The standard InChI is InChI=1S/C3H9NS2/c1-3-6-4(2)5/h5H,3H2,1-2H3. The average Bonchev–Trinajstić information content (AvgIpc) is 1.35. The van der Waals surface area contributed by atoms with Gasteiger partial charge >= 0.3 is 0 Å². The molecule has 0 radical (unpaired) electrons. The summed E-state index contributed by atoms with van der Waals surface area (Å²) in [6.07, 6.45) is 0. The molecule has 0 aromatic rings. The molecule has 0 aromatic heterocycles. The van der Waals surface area contributed by atoms with E-state index in [2.05, 4.69) is 19.7 Å². The molecular weight excluding hydrogens is 114 g/mol. The van der Waals surface area contributed by atoms with Gasteiger partial charge in [-0.05, 0) is 0 Å². The van der Waals surface area contributed by atoms with Gasteiger partial charge in [0.25, 0.3) is 0 Å². The third-order valence-corrected chi connectivity index (χ3v) is 1.29. The second-order valence-corrected chi connectivity index (χ2v) is 3.14. The summed E-state index contributed by atoms with van der Waals surface area (Å²) in [5.41, 5.74) is 0. The first-order valence-electron chi connectivity index (χ1n) is 1.83. The Morgan fingerprint density at radius 1 is 1.83 bits per heavy atom. The van der Waals surface area contributed by atoms with E-state index in [1.807, 2.05) is 7.05 Å². The van der Waals surface area contributed by atoms with Crippen LogP contribution < -0.4 is 0 Å². The minimum Gasteiger partial charge on any atom is -0.200 e. The number of nitrogens with zero attached hydrogens (tertiary/aromatic N) is 1. The molecule has 0 unspecified atom stereocenters. The molecule has 0 bridgehead atoms. The Balaban J connectivity index is 2.63. The minimum absolute atomic E-state index is 1.10. The topological polar surface area (TPSA) is 3.24 Å². The molecule has 0 heterocycles. The highest BCUT2D eigenvalue weighted by Crippen LogP contribution is 2.05. The van der Waals surface area contributed by atoms with Crippen LogP contribution in [0.5, 0.6) is 0 Å². The smallest absolute Gasteiger partial charge is 0.00856 e. The maximum absolute atomic E-state index is 3.97. The second kappa shape index (κ2) is 3.84. The molecule has 38 valence electrons. The Hall–Kier alpha value is 0.660. The Morgan fingerprint density at radius 2 is 2.33 bits per heavy atom. The number of thiol groups is 1. The lowest BCUT2D eigenvalue weighted by atomic mass is 11.0. The molecule has 0 saturated carbocycles. The number of rotatable bonds is 2. The highest BCUT2D eigenvalue weighted by atomic mass is 32.2. The Morgan fingerprint density at radius 3 is 2.33 bits per heavy atom. The molecule has 0 saturated heterocycles. The van der Waals surface area contributed by atoms with Crippen LogP contribution in [0.4, 0.5) is 0 Å². The highest BCUT2D eigenvalue weighted by Gasteiger charge is 1.81. The monoisotopic (exact) mass is 123 g/mol. The van der Waals surface area contributed by atoms with Gasteiger partial charge in [-0.15, -0.1) is 0 Å². The van der Waals surface area contributed by atoms with E-state index in [0.717, 1.165) is 5.75 Å². The van der Waals surface area contributed by atoms with Gasteiger partial charge in [-0.25, -0.2) is 3.71 Å². The molecule has 0 rings (SSSR count). The van der Waals surface area contributed by atoms with Gasteiger partial charge in [0.1, 0.15) is 0 Å². The van der Waals surface area contributed by atoms with Crippen LogP contribution in [-0.2, 0) is 0 Å². The minimum atomic E-state index is 1.10. The molecule has 0 fully saturated rings. The highest BCUT2D eigenvalue weighted by molar-refractivity contribution is 8.05. The zero-order valence-electron chi connectivity index (χ0n) is 4.01. The predicted octanol–water partition coefficient (Wildman–Crippen LogP) is 1.43. The van der Waals surface area contributed by atoms with Crippen molar-refractivity contribution in [3.63, 3.8) is 0 Å². The Labute approximate surface area is 48.8 Å². The summed E-state index contributed by atoms with van der Waals surface area (Å²) in [6.45, 7) is 2.09. The lowest BCUT2D eigenvalue weighted by Crippen LogP contribution is -1.89. The van der Waals surface area contributed by atoms with E-state index in [4.69, 9.17) is 0 Å². The van der Waals surface area contributed by atoms with Crippen LogP contribution in [0.1, 0.15) is 6.92 Å². The molecule has 0 amide bonds. The van der Waals surface area contributed by atoms with E-state index in [1.54, 1.807) is 15.7 Å². The molecule has 0 N–H and O–H groups in total. The van der Waals surface area contributed by atoms with E-state index in [-0.39, 0.29) is 0 Å². The molecule has 0 atom stereocenters. The first kappa shape index (κ1) is 6.66. The molecule has 3 heteroatoms. The summed E-state index contributed by atoms with van der Waals surface area (Å²) in [5.74, 6) is 1.10. The van der Waals surface area contributed by atoms with Crippen molar-refractivity contribution in [2.75, 3.05) is 12.8 Å². The van der Waals surface area contributed by atoms with Crippen molar-refractivity contribution in [1.82, 2.24) is 3.71 Å². The number of hydrogen-bond acceptors (Lipinski definition) is 3. The first-order chi connectivity index (χ1) is 2.77. The zero-order valence-corrected chi connectivity index (χ0v) is 5.72. The van der Waals surface area contributed by atoms with Crippen LogP contribution in [0.3, 0.4) is 0 Å². The summed E-state index contributed by atoms with van der Waals surface area (Å²) >= 11 is 5.66. The fraction of sp³-hybridized carbons (Fsp3) is 1.00. The summed E-state index contributed by atoms with van der Waals surface area (Å²) in [6, 6.07) is 0. The third kappa shape index (κ3) is 4.66. The number of hydrogen-bond donors (Lipinski definition) is 1. The summed E-state index contributed by atoms with van der Waals surface area (Å²) in [5, 5.41) is 0. The molecule has 1 nitrogen and oxygen atoms in total. The van der Waals surface area contributed by atoms with Crippen molar-refractivity contribution in [2.45, 2.75) is 6.92 Å². The van der Waals surface area contributed by atoms with Crippen molar-refractivity contribution < 1.29 is 0 Å². The van der Waals surface area contributed by atoms with Crippen LogP contribution in [0.15, 0.2) is 0 Å². The van der Waals surface area contributed by atoms with Crippen LogP contribution in [-0.4, -0.2) is 16.5 Å². The van der Waals surface area contributed by atoms with E-state index >= 15 is 0 Å². The maximum atomic E-state index is 3.97. The fourth-order valence-electron chi connectivity index (χ4n) is 0.187. The van der Waals surface area contributed by atoms with E-state index in [9.17, 15) is 0 Å². The van der Waals surface area contributed by atoms with Gasteiger partial charge in [0.05, 0.1) is 0 Å². The normalized spacial score (nSPS) is 10.0. The van der Waals surface area contributed by atoms with Gasteiger partial charge in [-0.3, -0.25) is 0 Å². The third-order valence-electron chi connectivity index (χ3n) is 0.316. The van der Waals surface area contributed by atoms with E-state index in [0.29, 0.717) is 0 Å². The molecule has 0 aliphatic heterocycles. The largest absolute Gasteiger partial charge is 0.200 e. The molecule has 6 heavy (non-hydrogen) atoms.